The van der Waals surface area contributed by atoms with Crippen molar-refractivity contribution in [3.8, 4) is 33.6 Å². The normalized spacial score (nSPS) is 12.3. The zero-order chi connectivity index (χ0) is 36.9. The molecule has 0 saturated carbocycles. The average molecular weight is 865 g/mol. The van der Waals surface area contributed by atoms with Crippen LogP contribution < -0.4 is 0 Å². The van der Waals surface area contributed by atoms with Gasteiger partial charge in [-0.15, -0.1) is 64.9 Å². The van der Waals surface area contributed by atoms with Gasteiger partial charge < -0.3 is 14.4 Å². The molecule has 0 atom stereocenters. The second-order valence-corrected chi connectivity index (χ2v) is 15.1. The molecule has 5 heteroatoms. The fourth-order valence-corrected chi connectivity index (χ4v) is 7.27. The van der Waals surface area contributed by atoms with Gasteiger partial charge in [0.25, 0.3) is 0 Å². The molecular formula is C46H42IrN2OS-2. The molecular weight excluding hydrogens is 821 g/mol. The molecule has 0 bridgehead atoms. The third-order valence-corrected chi connectivity index (χ3v) is 9.99. The Morgan fingerprint density at radius 3 is 2.22 bits per heavy atom. The first-order valence-corrected chi connectivity index (χ1v) is 17.8. The smallest absolute Gasteiger partial charge is 0.138 e. The molecule has 8 aromatic rings. The molecule has 8 rings (SSSR count). The third kappa shape index (κ3) is 7.48. The number of hydrogen-bond donors (Lipinski definition) is 0. The van der Waals surface area contributed by atoms with Crippen LogP contribution in [0.4, 0.5) is 0 Å². The monoisotopic (exact) mass is 865 g/mol. The number of pyridine rings is 2. The van der Waals surface area contributed by atoms with Crippen LogP contribution in [-0.2, 0) is 26.5 Å². The van der Waals surface area contributed by atoms with Crippen molar-refractivity contribution < 1.29 is 27.3 Å². The van der Waals surface area contributed by atoms with Gasteiger partial charge in [-0.3, -0.25) is 0 Å². The van der Waals surface area contributed by atoms with Gasteiger partial charge in [-0.2, -0.15) is 0 Å². The Morgan fingerprint density at radius 1 is 0.765 bits per heavy atom. The van der Waals surface area contributed by atoms with Crippen molar-refractivity contribution in [2.24, 2.45) is 5.41 Å². The zero-order valence-corrected chi connectivity index (χ0v) is 33.5. The summed E-state index contributed by atoms with van der Waals surface area (Å²) in [5.74, 6) is 0. The van der Waals surface area contributed by atoms with E-state index < -0.39 is 11.8 Å². The number of hydrogen-bond acceptors (Lipinski definition) is 4. The van der Waals surface area contributed by atoms with Crippen LogP contribution in [0.2, 0.25) is 0 Å². The SMILES string of the molecule is Cc1c[c-]c(-c2cc(C)c(C)cn2)cc1.[2H]C([2H])(c1cc(-c2[c-]ccc3c2oc2c3ccc3ccsc32)ncc1-c1c(C)cccc1C)C(C)(C)C.[Ir]. The van der Waals surface area contributed by atoms with Crippen LogP contribution in [0.15, 0.2) is 101 Å². The van der Waals surface area contributed by atoms with E-state index in [9.17, 15) is 2.74 Å². The van der Waals surface area contributed by atoms with E-state index in [1.165, 1.54) is 22.1 Å². The van der Waals surface area contributed by atoms with E-state index in [1.807, 2.05) is 63.5 Å². The van der Waals surface area contributed by atoms with Gasteiger partial charge in [-0.05, 0) is 95.5 Å². The molecule has 0 N–H and O–H groups in total. The summed E-state index contributed by atoms with van der Waals surface area (Å²) in [5.41, 5.74) is 12.9. The predicted octanol–water partition coefficient (Wildman–Crippen LogP) is 13.0. The van der Waals surface area contributed by atoms with Crippen LogP contribution in [0.1, 0.15) is 56.9 Å². The maximum atomic E-state index is 9.24. The van der Waals surface area contributed by atoms with Gasteiger partial charge in [0.15, 0.2) is 0 Å². The molecule has 0 aliphatic carbocycles. The summed E-state index contributed by atoms with van der Waals surface area (Å²) in [6.07, 6.45) is 2.13. The van der Waals surface area contributed by atoms with Crippen LogP contribution in [0, 0.1) is 52.2 Å². The van der Waals surface area contributed by atoms with Crippen molar-refractivity contribution in [1.29, 1.82) is 0 Å². The molecule has 0 aliphatic heterocycles. The second-order valence-electron chi connectivity index (χ2n) is 14.2. The Bertz CT molecular complexity index is 2580. The average Bonchev–Trinajstić information content (AvgIpc) is 3.75. The summed E-state index contributed by atoms with van der Waals surface area (Å²) >= 11 is 1.68. The third-order valence-electron chi connectivity index (χ3n) is 9.06. The number of thiophene rings is 1. The number of aryl methyl sites for hydroxylation is 5. The molecule has 259 valence electrons. The van der Waals surface area contributed by atoms with E-state index in [4.69, 9.17) is 9.40 Å². The van der Waals surface area contributed by atoms with Crippen molar-refractivity contribution in [2.75, 3.05) is 0 Å². The number of benzene rings is 4. The Hall–Kier alpha value is -4.41. The maximum Gasteiger partial charge on any atom is 0.138 e. The van der Waals surface area contributed by atoms with Gasteiger partial charge in [0.2, 0.25) is 0 Å². The van der Waals surface area contributed by atoms with E-state index in [-0.39, 0.29) is 20.1 Å². The van der Waals surface area contributed by atoms with Crippen molar-refractivity contribution >= 4 is 43.4 Å². The van der Waals surface area contributed by atoms with Crippen LogP contribution in [-0.4, -0.2) is 9.97 Å². The summed E-state index contributed by atoms with van der Waals surface area (Å²) < 4.78 is 26.1. The zero-order valence-electron chi connectivity index (χ0n) is 32.3. The van der Waals surface area contributed by atoms with E-state index in [1.54, 1.807) is 11.3 Å². The Balaban J connectivity index is 0.000000252. The summed E-state index contributed by atoms with van der Waals surface area (Å²) in [5, 5.41) is 5.33. The quantitative estimate of drug-likeness (QED) is 0.165. The maximum absolute atomic E-state index is 9.24. The molecule has 0 amide bonds. The Morgan fingerprint density at radius 2 is 1.51 bits per heavy atom. The largest absolute Gasteiger partial charge is 0.499 e. The molecule has 4 heterocycles. The van der Waals surface area contributed by atoms with Crippen molar-refractivity contribution in [3.05, 3.63) is 142 Å². The van der Waals surface area contributed by atoms with Gasteiger partial charge in [0.1, 0.15) is 5.58 Å². The summed E-state index contributed by atoms with van der Waals surface area (Å²) in [4.78, 5) is 9.29. The summed E-state index contributed by atoms with van der Waals surface area (Å²) in [6.45, 7) is 16.2. The number of fused-ring (bicyclic) bond motifs is 5. The van der Waals surface area contributed by atoms with Crippen LogP contribution >= 0.6 is 11.3 Å². The molecule has 4 aromatic carbocycles. The number of furan rings is 1. The predicted molar refractivity (Wildman–Crippen MR) is 212 cm³/mol. The van der Waals surface area contributed by atoms with Gasteiger partial charge in [-0.1, -0.05) is 86.7 Å². The minimum Gasteiger partial charge on any atom is -0.499 e. The molecule has 0 fully saturated rings. The molecule has 0 saturated heterocycles. The Kier molecular flexibility index (Phi) is 9.70. The fourth-order valence-electron chi connectivity index (χ4n) is 6.39. The van der Waals surface area contributed by atoms with Gasteiger partial charge in [0.05, 0.1) is 10.3 Å². The van der Waals surface area contributed by atoms with Gasteiger partial charge >= 0.3 is 0 Å². The first kappa shape index (κ1) is 33.7. The summed E-state index contributed by atoms with van der Waals surface area (Å²) in [7, 11) is 0. The molecule has 0 unspecified atom stereocenters. The molecule has 1 radical (unpaired) electrons. The summed E-state index contributed by atoms with van der Waals surface area (Å²) in [6, 6.07) is 33.2. The van der Waals surface area contributed by atoms with Gasteiger partial charge in [0, 0.05) is 46.2 Å². The molecule has 51 heavy (non-hydrogen) atoms. The van der Waals surface area contributed by atoms with Crippen LogP contribution in [0.5, 0.6) is 0 Å². The minimum absolute atomic E-state index is 0. The van der Waals surface area contributed by atoms with E-state index in [2.05, 4.69) is 106 Å². The van der Waals surface area contributed by atoms with E-state index in [0.29, 0.717) is 11.3 Å². The fraction of sp³-hybridized carbons (Fsp3) is 0.217. The van der Waals surface area contributed by atoms with E-state index in [0.717, 1.165) is 65.7 Å². The molecule has 0 aliphatic rings. The molecule has 3 nitrogen and oxygen atoms in total. The second kappa shape index (κ2) is 14.7. The minimum atomic E-state index is -1.61. The van der Waals surface area contributed by atoms with Crippen molar-refractivity contribution in [3.63, 3.8) is 0 Å². The van der Waals surface area contributed by atoms with Gasteiger partial charge in [-0.25, -0.2) is 0 Å². The standard InChI is InChI=1S/C32H28NOS.C14H14N.Ir/c1-19-8-6-9-20(2)28(19)26-18-33-27(16-22(26)17-32(3,4)5)25-11-7-10-23-24-13-12-21-14-15-35-31(21)30(24)34-29(23)25;1-10-4-6-13(7-5-10)14-8-11(2)12(3)9-15-14;/h6-10,12-16,18H,17H2,1-5H3;4-6,8-9H,1-3H3;/q2*-1;/i17D2;;. The van der Waals surface area contributed by atoms with Crippen LogP contribution in [0.3, 0.4) is 0 Å². The number of rotatable bonds is 4. The van der Waals surface area contributed by atoms with Crippen molar-refractivity contribution in [1.82, 2.24) is 9.97 Å². The number of aromatic nitrogens is 2. The number of nitrogens with zero attached hydrogens (tertiary/aromatic N) is 2. The first-order valence-electron chi connectivity index (χ1n) is 18.0. The van der Waals surface area contributed by atoms with E-state index >= 15 is 0 Å². The Labute approximate surface area is 322 Å². The van der Waals surface area contributed by atoms with Crippen LogP contribution in [0.25, 0.3) is 65.7 Å². The topological polar surface area (TPSA) is 38.9 Å². The molecule has 0 spiro atoms. The van der Waals surface area contributed by atoms with Crippen molar-refractivity contribution in [2.45, 2.75) is 61.8 Å². The first-order chi connectivity index (χ1) is 24.7. The molecule has 4 aromatic heterocycles.